The van der Waals surface area contributed by atoms with Crippen LogP contribution >= 0.6 is 0 Å². The minimum Gasteiger partial charge on any atom is -0.493 e. The minimum atomic E-state index is -0.492. The average Bonchev–Trinajstić information content (AvgIpc) is 2.71. The molecule has 2 amide bonds. The number of hydrogen-bond donors (Lipinski definition) is 1. The highest BCUT2D eigenvalue weighted by Gasteiger charge is 2.19. The molecule has 0 heterocycles. The van der Waals surface area contributed by atoms with Crippen molar-refractivity contribution in [3.63, 3.8) is 0 Å². The highest BCUT2D eigenvalue weighted by atomic mass is 16.5. The maximum atomic E-state index is 12.6. The number of ether oxygens (including phenoxy) is 3. The number of amides is 2. The Bertz CT molecular complexity index is 890. The molecule has 2 rings (SSSR count). The topological polar surface area (TPSA) is 94.2 Å². The third-order valence-corrected chi connectivity index (χ3v) is 3.95. The molecular weight excluding hydrogens is 364 g/mol. The third kappa shape index (κ3) is 4.40. The highest BCUT2D eigenvalue weighted by molar-refractivity contribution is 6.07. The van der Waals surface area contributed by atoms with Gasteiger partial charge in [0.15, 0.2) is 11.5 Å². The van der Waals surface area contributed by atoms with Crippen molar-refractivity contribution in [3.8, 4) is 11.5 Å². The second-order valence-electron chi connectivity index (χ2n) is 5.98. The first-order valence-electron chi connectivity index (χ1n) is 8.29. The Morgan fingerprint density at radius 2 is 1.46 bits per heavy atom. The summed E-state index contributed by atoms with van der Waals surface area (Å²) in [6.45, 7) is 0. The number of carbonyl (C=O) groups excluding carboxylic acids is 3. The number of esters is 1. The van der Waals surface area contributed by atoms with E-state index in [1.54, 1.807) is 20.2 Å². The largest absolute Gasteiger partial charge is 0.493 e. The fourth-order valence-electron chi connectivity index (χ4n) is 2.51. The Balaban J connectivity index is 2.37. The minimum absolute atomic E-state index is 0.251. The van der Waals surface area contributed by atoms with E-state index in [9.17, 15) is 14.4 Å². The van der Waals surface area contributed by atoms with Gasteiger partial charge in [0.25, 0.3) is 11.8 Å². The lowest BCUT2D eigenvalue weighted by Gasteiger charge is -2.17. The van der Waals surface area contributed by atoms with Gasteiger partial charge in [0.1, 0.15) is 0 Å². The Labute approximate surface area is 163 Å². The van der Waals surface area contributed by atoms with Crippen LogP contribution in [0.3, 0.4) is 0 Å². The maximum absolute atomic E-state index is 12.6. The summed E-state index contributed by atoms with van der Waals surface area (Å²) in [5.74, 6) is -0.581. The first kappa shape index (κ1) is 20.8. The van der Waals surface area contributed by atoms with E-state index >= 15 is 0 Å². The van der Waals surface area contributed by atoms with Gasteiger partial charge in [-0.25, -0.2) is 4.79 Å². The summed E-state index contributed by atoms with van der Waals surface area (Å²) in [5.41, 5.74) is 1.27. The zero-order valence-corrected chi connectivity index (χ0v) is 16.4. The summed E-state index contributed by atoms with van der Waals surface area (Å²) in [7, 11) is 7.41. The van der Waals surface area contributed by atoms with Gasteiger partial charge in [-0.2, -0.15) is 0 Å². The van der Waals surface area contributed by atoms with Crippen molar-refractivity contribution in [1.82, 2.24) is 4.90 Å². The number of methoxy groups -OCH3 is 3. The van der Waals surface area contributed by atoms with Gasteiger partial charge in [0.2, 0.25) is 0 Å². The SMILES string of the molecule is COC(=O)c1ccc(C(=O)Nc2cc(C(=O)N(C)C)cc(OC)c2OC)cc1. The van der Waals surface area contributed by atoms with Crippen LogP contribution in [0.15, 0.2) is 36.4 Å². The summed E-state index contributed by atoms with van der Waals surface area (Å²) in [6, 6.07) is 9.04. The molecule has 0 unspecified atom stereocenters. The predicted molar refractivity (Wildman–Crippen MR) is 103 cm³/mol. The molecule has 0 bridgehead atoms. The molecule has 28 heavy (non-hydrogen) atoms. The molecule has 0 aliphatic rings. The molecule has 0 atom stereocenters. The molecule has 8 heteroatoms. The Morgan fingerprint density at radius 3 is 1.96 bits per heavy atom. The lowest BCUT2D eigenvalue weighted by molar-refractivity contribution is 0.0600. The quantitative estimate of drug-likeness (QED) is 0.767. The van der Waals surface area contributed by atoms with Crippen molar-refractivity contribution in [2.24, 2.45) is 0 Å². The summed E-state index contributed by atoms with van der Waals surface area (Å²) < 4.78 is 15.3. The number of hydrogen-bond acceptors (Lipinski definition) is 6. The zero-order valence-electron chi connectivity index (χ0n) is 16.4. The van der Waals surface area contributed by atoms with E-state index in [4.69, 9.17) is 9.47 Å². The molecule has 8 nitrogen and oxygen atoms in total. The molecule has 2 aromatic carbocycles. The molecule has 2 aromatic rings. The van der Waals surface area contributed by atoms with E-state index in [1.807, 2.05) is 0 Å². The van der Waals surface area contributed by atoms with E-state index in [0.29, 0.717) is 22.4 Å². The van der Waals surface area contributed by atoms with Gasteiger partial charge in [0, 0.05) is 25.2 Å². The lowest BCUT2D eigenvalue weighted by Crippen LogP contribution is -2.22. The van der Waals surface area contributed by atoms with Crippen LogP contribution in [-0.2, 0) is 4.74 Å². The Hall–Kier alpha value is -3.55. The Kier molecular flexibility index (Phi) is 6.59. The lowest BCUT2D eigenvalue weighted by atomic mass is 10.1. The number of nitrogens with one attached hydrogen (secondary N) is 1. The second-order valence-corrected chi connectivity index (χ2v) is 5.98. The summed E-state index contributed by atoms with van der Waals surface area (Å²) in [6.07, 6.45) is 0. The average molecular weight is 386 g/mol. The van der Waals surface area contributed by atoms with Crippen molar-refractivity contribution in [1.29, 1.82) is 0 Å². The van der Waals surface area contributed by atoms with Crippen LogP contribution < -0.4 is 14.8 Å². The van der Waals surface area contributed by atoms with Crippen molar-refractivity contribution >= 4 is 23.5 Å². The number of rotatable bonds is 6. The molecule has 0 aliphatic carbocycles. The van der Waals surface area contributed by atoms with Crippen molar-refractivity contribution in [3.05, 3.63) is 53.1 Å². The van der Waals surface area contributed by atoms with Crippen LogP contribution in [-0.4, -0.2) is 58.1 Å². The number of nitrogens with zero attached hydrogens (tertiary/aromatic N) is 1. The first-order valence-corrected chi connectivity index (χ1v) is 8.29. The molecule has 0 aromatic heterocycles. The van der Waals surface area contributed by atoms with Crippen LogP contribution in [0.1, 0.15) is 31.1 Å². The summed E-state index contributed by atoms with van der Waals surface area (Å²) >= 11 is 0. The molecule has 0 aliphatic heterocycles. The number of carbonyl (C=O) groups is 3. The van der Waals surface area contributed by atoms with Crippen molar-refractivity contribution < 1.29 is 28.6 Å². The van der Waals surface area contributed by atoms with Crippen molar-refractivity contribution in [2.75, 3.05) is 40.7 Å². The summed E-state index contributed by atoms with van der Waals surface area (Å²) in [4.78, 5) is 37.9. The van der Waals surface area contributed by atoms with Crippen LogP contribution in [0.2, 0.25) is 0 Å². The first-order chi connectivity index (χ1) is 13.3. The standard InChI is InChI=1S/C20H22N2O6/c1-22(2)19(24)14-10-15(17(27-4)16(11-14)26-3)21-18(23)12-6-8-13(9-7-12)20(25)28-5/h6-11H,1-5H3,(H,21,23). The third-order valence-electron chi connectivity index (χ3n) is 3.95. The smallest absolute Gasteiger partial charge is 0.337 e. The predicted octanol–water partition coefficient (Wildman–Crippen LogP) is 2.44. The molecule has 0 radical (unpaired) electrons. The highest BCUT2D eigenvalue weighted by Crippen LogP contribution is 2.37. The number of benzene rings is 2. The fourth-order valence-corrected chi connectivity index (χ4v) is 2.51. The Morgan fingerprint density at radius 1 is 0.857 bits per heavy atom. The zero-order chi connectivity index (χ0) is 20.8. The van der Waals surface area contributed by atoms with Gasteiger partial charge in [-0.1, -0.05) is 0 Å². The van der Waals surface area contributed by atoms with Gasteiger partial charge in [-0.05, 0) is 36.4 Å². The molecule has 0 fully saturated rings. The molecule has 0 spiro atoms. The van der Waals surface area contributed by atoms with Gasteiger partial charge < -0.3 is 24.4 Å². The van der Waals surface area contributed by atoms with Gasteiger partial charge in [-0.15, -0.1) is 0 Å². The molecule has 0 saturated heterocycles. The molecule has 1 N–H and O–H groups in total. The van der Waals surface area contributed by atoms with E-state index in [0.717, 1.165) is 0 Å². The van der Waals surface area contributed by atoms with E-state index < -0.39 is 11.9 Å². The fraction of sp³-hybridized carbons (Fsp3) is 0.250. The molecule has 0 saturated carbocycles. The van der Waals surface area contributed by atoms with Crippen LogP contribution in [0.5, 0.6) is 11.5 Å². The number of anilines is 1. The van der Waals surface area contributed by atoms with E-state index in [-0.39, 0.29) is 17.3 Å². The van der Waals surface area contributed by atoms with Crippen molar-refractivity contribution in [2.45, 2.75) is 0 Å². The maximum Gasteiger partial charge on any atom is 0.337 e. The monoisotopic (exact) mass is 386 g/mol. The van der Waals surface area contributed by atoms with Gasteiger partial charge in [-0.3, -0.25) is 9.59 Å². The van der Waals surface area contributed by atoms with E-state index in [2.05, 4.69) is 10.1 Å². The van der Waals surface area contributed by atoms with Gasteiger partial charge in [0.05, 0.1) is 32.6 Å². The molecule has 148 valence electrons. The molecular formula is C20H22N2O6. The second kappa shape index (κ2) is 8.90. The summed E-state index contributed by atoms with van der Waals surface area (Å²) in [5, 5.41) is 2.72. The van der Waals surface area contributed by atoms with Crippen LogP contribution in [0.4, 0.5) is 5.69 Å². The van der Waals surface area contributed by atoms with Gasteiger partial charge >= 0.3 is 5.97 Å². The van der Waals surface area contributed by atoms with E-state index in [1.165, 1.54) is 56.6 Å². The van der Waals surface area contributed by atoms with Crippen LogP contribution in [0.25, 0.3) is 0 Å². The van der Waals surface area contributed by atoms with Crippen LogP contribution in [0, 0.1) is 0 Å². The normalized spacial score (nSPS) is 10.0.